The van der Waals surface area contributed by atoms with E-state index in [2.05, 4.69) is 26.0 Å². The third-order valence-corrected chi connectivity index (χ3v) is 27.0. The molecule has 0 aliphatic carbocycles. The molecule has 846 valence electrons. The molecule has 11 fully saturated rings. The maximum Gasteiger partial charge on any atom is 0.332 e. The molecule has 57 atom stereocenters. The average Bonchev–Trinajstić information content (AvgIpc) is 0.763. The van der Waals surface area contributed by atoms with Crippen LogP contribution in [0.1, 0.15) is 68.2 Å². The van der Waals surface area contributed by atoms with Crippen LogP contribution in [0.2, 0.25) is 0 Å². The number of carbonyl (C=O) groups excluding carboxylic acids is 6. The van der Waals surface area contributed by atoms with E-state index in [1.165, 1.54) is 27.7 Å². The van der Waals surface area contributed by atoms with Crippen LogP contribution in [0.25, 0.3) is 0 Å². The molecule has 0 radical (unpaired) electrons. The van der Waals surface area contributed by atoms with Gasteiger partial charge in [0.05, 0.1) is 122 Å². The van der Waals surface area contributed by atoms with Gasteiger partial charge in [-0.2, -0.15) is 0 Å². The smallest absolute Gasteiger partial charge is 0.332 e. The second kappa shape index (κ2) is 53.8. The molecule has 0 saturated carbocycles. The van der Waals surface area contributed by atoms with E-state index in [9.17, 15) is 182 Å². The Balaban J connectivity index is 0.00000109. The van der Waals surface area contributed by atoms with Gasteiger partial charge in [-0.3, -0.25) is 28.8 Å². The third-order valence-electron chi connectivity index (χ3n) is 27.0. The Labute approximate surface area is 829 Å². The number of hydrogen-bond donors (Lipinski definition) is 35. The summed E-state index contributed by atoms with van der Waals surface area (Å²) in [6.07, 6.45) is -98.0. The van der Waals surface area contributed by atoms with Crippen molar-refractivity contribution in [3.05, 3.63) is 0 Å². The summed E-state index contributed by atoms with van der Waals surface area (Å²) in [7, 11) is 0. The zero-order valence-corrected chi connectivity index (χ0v) is 79.7. The van der Waals surface area contributed by atoms with Crippen molar-refractivity contribution in [2.24, 2.45) is 11.8 Å². The first-order chi connectivity index (χ1) is 68.8. The minimum atomic E-state index is -2.66. The molecule has 4 amide bonds. The minimum absolute atomic E-state index is 0.0470. The van der Waals surface area contributed by atoms with Gasteiger partial charge in [0.1, 0.15) is 232 Å². The van der Waals surface area contributed by atoms with Crippen molar-refractivity contribution in [1.29, 1.82) is 0 Å². The summed E-state index contributed by atoms with van der Waals surface area (Å²) in [5.74, 6) is -10.2. The molecule has 146 heavy (non-hydrogen) atoms. The van der Waals surface area contributed by atoms with E-state index in [1.807, 2.05) is 0 Å². The van der Waals surface area contributed by atoms with Crippen LogP contribution in [-0.4, -0.2) is 598 Å². The molecule has 11 aliphatic rings. The summed E-state index contributed by atoms with van der Waals surface area (Å²) >= 11 is 0. The highest BCUT2D eigenvalue weighted by atomic mass is 16.9. The van der Waals surface area contributed by atoms with Gasteiger partial charge in [-0.05, 0) is 13.8 Å². The molecule has 0 aromatic carbocycles. The predicted molar refractivity (Wildman–Crippen MR) is 454 cm³/mol. The van der Waals surface area contributed by atoms with E-state index in [0.717, 1.165) is 27.7 Å². The van der Waals surface area contributed by atoms with Gasteiger partial charge >= 0.3 is 11.9 Å². The van der Waals surface area contributed by atoms with E-state index >= 15 is 0 Å². The molecule has 11 rings (SSSR count). The molecule has 63 nitrogen and oxygen atoms in total. The molecule has 11 aliphatic heterocycles. The van der Waals surface area contributed by atoms with Crippen molar-refractivity contribution >= 4 is 36.6 Å². The zero-order valence-electron chi connectivity index (χ0n) is 79.7. The lowest BCUT2D eigenvalue weighted by Crippen LogP contribution is -2.71. The predicted octanol–water partition coefficient (Wildman–Crippen LogP) is -22.3. The van der Waals surface area contributed by atoms with Crippen molar-refractivity contribution in [1.82, 2.24) is 21.3 Å². The van der Waals surface area contributed by atoms with Gasteiger partial charge in [-0.1, -0.05) is 13.8 Å². The number of carbonyl (C=O) groups is 6. The van der Waals surface area contributed by atoms with Gasteiger partial charge in [0.2, 0.25) is 23.6 Å². The Morgan fingerprint density at radius 3 is 1.07 bits per heavy atom. The Bertz CT molecular complexity index is 4030. The fraction of sp³-hybridized carbons (Fsp3) is 0.928. The first-order valence-electron chi connectivity index (χ1n) is 46.8. The van der Waals surface area contributed by atoms with Crippen LogP contribution in [0, 0.1) is 11.8 Å². The second-order valence-electron chi connectivity index (χ2n) is 37.3. The standard InChI is InChI=1S/C73H122N4O51.C10H18O8/c1-19-26(90)8-73(111-18-85,128-57(19)41(93)27(91)9-78)110-17-35-44(96)51(103)55(107)69(120-35)123-60-32(14-83)117-66(38(49(60)101)76-24(6)88)126-63-52(104)42(94)28(10-79)114-71(63)109-16-34-45(97)62(56(108)70(119-34)124-61-33(15-84)116-65(37(47(61)99)75-23(5)87)121-58-30(12-81)112-20(2)36(46(58)98)74-22(4)86)125-72-64(53(105)43(95)29(11-80)115-72)127-67-39(77-25(7)89)48(100)59(31(13-82)118-67)122-68-54(106)50(102)40(92)21(3)113-68;1-5-6(13)2-10(16,17-4-12)18-9(5)8(15)7(14)3-11/h18-21,26-72,78-84,90-108H,8-17H2,1-7H3,(H,74,86)(H,75,87)(H,76,88)(H,77,89);4-9,11,13-16H,2-3H2,1H3/t19-,20+,21?,26-,27-,28?,29-,30?,31?,32+,33?,34?,35?,36?,37?,38?,39?,40+,41-,42-,43-,44+,45-,46-,47-,48-,49?,50+,51?,52+,53?,54?,55+,56?,57?,58-,59-,60-,61-,62+,63?,64?,65+,66+,67+,68+,69+,70+,71+,72-,73+;5-,6-,7-,8-,9?,10+/m11/s1. The number of aliphatic hydroxyl groups excluding tert-OH is 30. The van der Waals surface area contributed by atoms with E-state index in [-0.39, 0.29) is 19.4 Å². The van der Waals surface area contributed by atoms with Crippen molar-refractivity contribution in [3.63, 3.8) is 0 Å². The van der Waals surface area contributed by atoms with Crippen LogP contribution >= 0.6 is 0 Å². The number of rotatable bonds is 40. The quantitative estimate of drug-likeness (QED) is 0.0200. The van der Waals surface area contributed by atoms with Crippen molar-refractivity contribution in [2.45, 2.75) is 405 Å². The molecule has 0 bridgehead atoms. The van der Waals surface area contributed by atoms with Gasteiger partial charge in [-0.25, -0.2) is 0 Å². The van der Waals surface area contributed by atoms with Crippen molar-refractivity contribution < 1.29 is 291 Å². The Morgan fingerprint density at radius 1 is 0.322 bits per heavy atom. The number of aliphatic hydroxyl groups is 31. The SMILES string of the molecule is CC(=O)NC1C(O)[C@H](O[C@@H]2OC(CO[C@]3(OC=O)C[C@@H](O)[C@@H](C)C([C@H](O)[C@H](O)CO)O3)[C@H](O)C(O)[C@@H]2O)[C@H](CO)O[C@H]1OC1[C@@H](OCC2O[C@@H](O[C@@H]3C(CO)O[C@@H](O[C@@H]4C(CO)O[C@@H](C)C(NC(C)=O)[C@H]4O)C(NC(C)=O)[C@H]3O)C(O)[C@@H](O[C@H]3O[C@H](CO)[C@@H](O)C(O)C3O[C@@H]3OC(CO)[C@@H](O[C@@H]4OC(C)[C@H](O)[C@H](O)C4O)[C@H](O)C3NC(C)=O)[C@@H]2O)OC(CO)[C@@H](O)[C@@H]1O.C[C@H]1C([C@H](O)[C@H](O)CO)O[C@@](O)(OC=O)C[C@H]1O. The highest BCUT2D eigenvalue weighted by Crippen LogP contribution is 2.44. The van der Waals surface area contributed by atoms with Crippen molar-refractivity contribution in [3.8, 4) is 0 Å². The molecule has 63 heteroatoms. The summed E-state index contributed by atoms with van der Waals surface area (Å²) in [6, 6.07) is -7.06. The molecule has 0 spiro atoms. The Morgan fingerprint density at radius 2 is 0.651 bits per heavy atom. The first kappa shape index (κ1) is 123. The Hall–Kier alpha value is -5.22. The van der Waals surface area contributed by atoms with E-state index in [4.69, 9.17) is 105 Å². The number of amides is 4. The van der Waals surface area contributed by atoms with Crippen LogP contribution in [0.15, 0.2) is 0 Å². The third kappa shape index (κ3) is 28.2. The van der Waals surface area contributed by atoms with Crippen LogP contribution in [0.3, 0.4) is 0 Å². The number of hydrogen-bond acceptors (Lipinski definition) is 59. The molecule has 11 saturated heterocycles. The minimum Gasteiger partial charge on any atom is -0.410 e. The highest BCUT2D eigenvalue weighted by Gasteiger charge is 2.63. The van der Waals surface area contributed by atoms with Gasteiger partial charge < -0.3 is 284 Å². The molecule has 0 aromatic rings. The Kier molecular flexibility index (Phi) is 45.1. The van der Waals surface area contributed by atoms with E-state index in [1.54, 1.807) is 0 Å². The van der Waals surface area contributed by atoms with Gasteiger partial charge in [0, 0.05) is 39.5 Å². The maximum atomic E-state index is 13.2. The van der Waals surface area contributed by atoms with Gasteiger partial charge in [0.25, 0.3) is 12.9 Å². The molecular weight excluding hydrogens is 2000 g/mol. The molecule has 20 unspecified atom stereocenters. The summed E-state index contributed by atoms with van der Waals surface area (Å²) in [5, 5.41) is 350. The summed E-state index contributed by atoms with van der Waals surface area (Å²) < 4.78 is 129. The van der Waals surface area contributed by atoms with E-state index < -0.39 is 445 Å². The van der Waals surface area contributed by atoms with E-state index in [0.29, 0.717) is 0 Å². The molecule has 0 aromatic heterocycles. The highest BCUT2D eigenvalue weighted by molar-refractivity contribution is 5.74. The fourth-order valence-electron chi connectivity index (χ4n) is 18.7. The molecular formula is C83H140N4O59. The summed E-state index contributed by atoms with van der Waals surface area (Å²) in [4.78, 5) is 73.7. The fourth-order valence-corrected chi connectivity index (χ4v) is 18.7. The van der Waals surface area contributed by atoms with Crippen LogP contribution < -0.4 is 21.3 Å². The average molecular weight is 2140 g/mol. The largest absolute Gasteiger partial charge is 0.410 e. The van der Waals surface area contributed by atoms with Crippen LogP contribution in [-0.2, 0) is 133 Å². The lowest BCUT2D eigenvalue weighted by molar-refractivity contribution is -0.424. The first-order valence-corrected chi connectivity index (χ1v) is 46.8. The topological polar surface area (TPSA) is 981 Å². The normalized spacial score (nSPS) is 47.3. The lowest BCUT2D eigenvalue weighted by atomic mass is 9.87. The van der Waals surface area contributed by atoms with Gasteiger partial charge in [0.15, 0.2) is 50.3 Å². The number of nitrogens with one attached hydrogen (secondary N) is 4. The molecule has 35 N–H and O–H groups in total. The number of ether oxygens (including phenoxy) is 22. The van der Waals surface area contributed by atoms with Crippen LogP contribution in [0.5, 0.6) is 0 Å². The summed E-state index contributed by atoms with van der Waals surface area (Å²) in [6.45, 7) is -1.34. The van der Waals surface area contributed by atoms with Gasteiger partial charge in [-0.15, -0.1) is 0 Å². The maximum absolute atomic E-state index is 13.2. The monoisotopic (exact) mass is 2140 g/mol. The van der Waals surface area contributed by atoms with Crippen LogP contribution in [0.4, 0.5) is 0 Å². The second-order valence-corrected chi connectivity index (χ2v) is 37.3. The zero-order chi connectivity index (χ0) is 108. The summed E-state index contributed by atoms with van der Waals surface area (Å²) in [5.41, 5.74) is 0. The lowest BCUT2D eigenvalue weighted by Gasteiger charge is -2.51. The van der Waals surface area contributed by atoms with Crippen molar-refractivity contribution in [2.75, 3.05) is 66.1 Å². The molecule has 11 heterocycles.